The molecule has 1 unspecified atom stereocenters. The van der Waals surface area contributed by atoms with Gasteiger partial charge in [-0.05, 0) is 32.9 Å². The van der Waals surface area contributed by atoms with Gasteiger partial charge in [-0.1, -0.05) is 30.0 Å². The summed E-state index contributed by atoms with van der Waals surface area (Å²) in [6, 6.07) is 9.71. The lowest BCUT2D eigenvalue weighted by atomic mass is 10.3. The molecule has 1 N–H and O–H groups in total. The molecule has 1 aromatic carbocycles. The summed E-state index contributed by atoms with van der Waals surface area (Å²) >= 11 is 1.41. The summed E-state index contributed by atoms with van der Waals surface area (Å²) in [4.78, 5) is 12.1. The van der Waals surface area contributed by atoms with Crippen molar-refractivity contribution in [1.29, 1.82) is 0 Å². The predicted octanol–water partition coefficient (Wildman–Crippen LogP) is 2.98. The third-order valence-electron chi connectivity index (χ3n) is 2.79. The third kappa shape index (κ3) is 3.60. The molecular formula is C14H18N4OS. The minimum Gasteiger partial charge on any atom is -0.325 e. The summed E-state index contributed by atoms with van der Waals surface area (Å²) in [5, 5.41) is 11.4. The van der Waals surface area contributed by atoms with Crippen molar-refractivity contribution in [1.82, 2.24) is 14.8 Å². The van der Waals surface area contributed by atoms with E-state index in [-0.39, 0.29) is 17.2 Å². The lowest BCUT2D eigenvalue weighted by Gasteiger charge is -2.13. The molecule has 1 atom stereocenters. The van der Waals surface area contributed by atoms with Crippen molar-refractivity contribution in [3.63, 3.8) is 0 Å². The Morgan fingerprint density at radius 3 is 2.60 bits per heavy atom. The van der Waals surface area contributed by atoms with Crippen molar-refractivity contribution in [2.24, 2.45) is 0 Å². The van der Waals surface area contributed by atoms with E-state index in [1.165, 1.54) is 11.8 Å². The molecule has 0 radical (unpaired) electrons. The Morgan fingerprint density at radius 1 is 1.25 bits per heavy atom. The first kappa shape index (κ1) is 14.6. The number of amides is 1. The molecule has 1 heterocycles. The molecule has 0 fully saturated rings. The SMILES string of the molecule is CC(Sc1nncn1C(C)C)C(=O)Nc1ccccc1. The maximum atomic E-state index is 12.1. The summed E-state index contributed by atoms with van der Waals surface area (Å²) in [6.45, 7) is 5.98. The standard InChI is InChI=1S/C14H18N4OS/c1-10(2)18-9-15-17-14(18)20-11(3)13(19)16-12-7-5-4-6-8-12/h4-11H,1-3H3,(H,16,19). The zero-order valence-electron chi connectivity index (χ0n) is 11.8. The Kier molecular flexibility index (Phi) is 4.79. The second kappa shape index (κ2) is 6.56. The first-order valence-corrected chi connectivity index (χ1v) is 7.38. The number of hydrogen-bond donors (Lipinski definition) is 1. The van der Waals surface area contributed by atoms with Gasteiger partial charge >= 0.3 is 0 Å². The highest BCUT2D eigenvalue weighted by atomic mass is 32.2. The number of carbonyl (C=O) groups excluding carboxylic acids is 1. The van der Waals surface area contributed by atoms with Crippen LogP contribution in [0.4, 0.5) is 5.69 Å². The Hall–Kier alpha value is -1.82. The van der Waals surface area contributed by atoms with Crippen LogP contribution in [0, 0.1) is 0 Å². The van der Waals surface area contributed by atoms with E-state index in [0.29, 0.717) is 0 Å². The number of nitrogens with one attached hydrogen (secondary N) is 1. The molecule has 0 aliphatic rings. The van der Waals surface area contributed by atoms with E-state index in [1.54, 1.807) is 6.33 Å². The van der Waals surface area contributed by atoms with Crippen molar-refractivity contribution in [2.45, 2.75) is 37.2 Å². The second-order valence-electron chi connectivity index (χ2n) is 4.73. The van der Waals surface area contributed by atoms with E-state index >= 15 is 0 Å². The van der Waals surface area contributed by atoms with Crippen molar-refractivity contribution in [3.8, 4) is 0 Å². The molecule has 0 saturated heterocycles. The van der Waals surface area contributed by atoms with Crippen LogP contribution in [-0.2, 0) is 4.79 Å². The lowest BCUT2D eigenvalue weighted by Crippen LogP contribution is -2.23. The van der Waals surface area contributed by atoms with Crippen LogP contribution in [0.3, 0.4) is 0 Å². The van der Waals surface area contributed by atoms with Crippen molar-refractivity contribution in [3.05, 3.63) is 36.7 Å². The normalized spacial score (nSPS) is 12.4. The molecule has 2 aromatic rings. The van der Waals surface area contributed by atoms with Crippen LogP contribution in [0.2, 0.25) is 0 Å². The van der Waals surface area contributed by atoms with E-state index in [9.17, 15) is 4.79 Å². The van der Waals surface area contributed by atoms with Gasteiger partial charge in [0.1, 0.15) is 6.33 Å². The minimum absolute atomic E-state index is 0.0421. The smallest absolute Gasteiger partial charge is 0.237 e. The number of nitrogens with zero attached hydrogens (tertiary/aromatic N) is 3. The van der Waals surface area contributed by atoms with E-state index in [2.05, 4.69) is 29.4 Å². The molecule has 0 aliphatic carbocycles. The Morgan fingerprint density at radius 2 is 1.95 bits per heavy atom. The largest absolute Gasteiger partial charge is 0.325 e. The number of hydrogen-bond acceptors (Lipinski definition) is 4. The van der Waals surface area contributed by atoms with Crippen LogP contribution < -0.4 is 5.32 Å². The fourth-order valence-corrected chi connectivity index (χ4v) is 2.60. The summed E-state index contributed by atoms with van der Waals surface area (Å²) < 4.78 is 1.96. The first-order valence-electron chi connectivity index (χ1n) is 6.50. The molecule has 0 bridgehead atoms. The molecule has 20 heavy (non-hydrogen) atoms. The zero-order chi connectivity index (χ0) is 14.5. The van der Waals surface area contributed by atoms with Crippen LogP contribution in [0.15, 0.2) is 41.8 Å². The highest BCUT2D eigenvalue weighted by Crippen LogP contribution is 2.24. The van der Waals surface area contributed by atoms with Gasteiger partial charge in [0, 0.05) is 11.7 Å². The van der Waals surface area contributed by atoms with Crippen molar-refractivity contribution < 1.29 is 4.79 Å². The van der Waals surface area contributed by atoms with Crippen LogP contribution in [0.25, 0.3) is 0 Å². The average molecular weight is 290 g/mol. The molecular weight excluding hydrogens is 272 g/mol. The van der Waals surface area contributed by atoms with E-state index < -0.39 is 0 Å². The first-order chi connectivity index (χ1) is 9.58. The third-order valence-corrected chi connectivity index (χ3v) is 3.86. The van der Waals surface area contributed by atoms with Gasteiger partial charge in [-0.2, -0.15) is 0 Å². The van der Waals surface area contributed by atoms with E-state index in [4.69, 9.17) is 0 Å². The van der Waals surface area contributed by atoms with E-state index in [1.807, 2.05) is 41.8 Å². The summed E-state index contributed by atoms with van der Waals surface area (Å²) in [5.74, 6) is -0.0421. The average Bonchev–Trinajstić information content (AvgIpc) is 2.88. The lowest BCUT2D eigenvalue weighted by molar-refractivity contribution is -0.115. The van der Waals surface area contributed by atoms with Gasteiger partial charge in [0.25, 0.3) is 0 Å². The quantitative estimate of drug-likeness (QED) is 0.860. The summed E-state index contributed by atoms with van der Waals surface area (Å²) in [7, 11) is 0. The second-order valence-corrected chi connectivity index (χ2v) is 6.04. The Balaban J connectivity index is 1.99. The Bertz CT molecular complexity index is 568. The topological polar surface area (TPSA) is 59.8 Å². The van der Waals surface area contributed by atoms with Gasteiger partial charge in [-0.25, -0.2) is 0 Å². The molecule has 6 heteroatoms. The van der Waals surface area contributed by atoms with Gasteiger partial charge in [-0.3, -0.25) is 4.79 Å². The van der Waals surface area contributed by atoms with Gasteiger partial charge < -0.3 is 9.88 Å². The number of carbonyl (C=O) groups is 1. The molecule has 1 amide bonds. The minimum atomic E-state index is -0.239. The number of aromatic nitrogens is 3. The molecule has 0 aliphatic heterocycles. The summed E-state index contributed by atoms with van der Waals surface area (Å²) in [5.41, 5.74) is 0.801. The van der Waals surface area contributed by atoms with Crippen LogP contribution in [0.1, 0.15) is 26.8 Å². The maximum Gasteiger partial charge on any atom is 0.237 e. The zero-order valence-corrected chi connectivity index (χ0v) is 12.6. The number of thioether (sulfide) groups is 1. The monoisotopic (exact) mass is 290 g/mol. The fourth-order valence-electron chi connectivity index (χ4n) is 1.65. The van der Waals surface area contributed by atoms with E-state index in [0.717, 1.165) is 10.8 Å². The van der Waals surface area contributed by atoms with Gasteiger partial charge in [0.15, 0.2) is 5.16 Å². The molecule has 106 valence electrons. The highest BCUT2D eigenvalue weighted by molar-refractivity contribution is 8.00. The number of para-hydroxylation sites is 1. The molecule has 0 spiro atoms. The maximum absolute atomic E-state index is 12.1. The van der Waals surface area contributed by atoms with Crippen LogP contribution >= 0.6 is 11.8 Å². The van der Waals surface area contributed by atoms with Crippen molar-refractivity contribution in [2.75, 3.05) is 5.32 Å². The van der Waals surface area contributed by atoms with Crippen LogP contribution in [0.5, 0.6) is 0 Å². The summed E-state index contributed by atoms with van der Waals surface area (Å²) in [6.07, 6.45) is 1.69. The predicted molar refractivity (Wildman–Crippen MR) is 80.8 cm³/mol. The van der Waals surface area contributed by atoms with Gasteiger partial charge in [0.05, 0.1) is 5.25 Å². The van der Waals surface area contributed by atoms with Crippen LogP contribution in [-0.4, -0.2) is 25.9 Å². The fraction of sp³-hybridized carbons (Fsp3) is 0.357. The molecule has 5 nitrogen and oxygen atoms in total. The Labute approximate surface area is 122 Å². The van der Waals surface area contributed by atoms with Gasteiger partial charge in [0.2, 0.25) is 5.91 Å². The van der Waals surface area contributed by atoms with Crippen molar-refractivity contribution >= 4 is 23.4 Å². The number of benzene rings is 1. The molecule has 1 aromatic heterocycles. The highest BCUT2D eigenvalue weighted by Gasteiger charge is 2.18. The van der Waals surface area contributed by atoms with Gasteiger partial charge in [-0.15, -0.1) is 10.2 Å². The number of anilines is 1. The molecule has 2 rings (SSSR count). The number of rotatable bonds is 5. The molecule has 0 saturated carbocycles.